The molecule has 0 bridgehead atoms. The average molecular weight is 330 g/mol. The summed E-state index contributed by atoms with van der Waals surface area (Å²) in [7, 11) is -4.04. The zero-order valence-corrected chi connectivity index (χ0v) is 12.1. The van der Waals surface area contributed by atoms with Gasteiger partial charge in [-0.25, -0.2) is 18.4 Å². The predicted octanol–water partition coefficient (Wildman–Crippen LogP) is 0.406. The van der Waals surface area contributed by atoms with E-state index in [1.165, 1.54) is 11.0 Å². The molecule has 1 aromatic rings. The van der Waals surface area contributed by atoms with Crippen molar-refractivity contribution in [3.05, 3.63) is 28.3 Å². The van der Waals surface area contributed by atoms with Crippen LogP contribution >= 0.6 is 0 Å². The lowest BCUT2D eigenvalue weighted by molar-refractivity contribution is -0.384. The van der Waals surface area contributed by atoms with Gasteiger partial charge in [-0.2, -0.15) is 0 Å². The second-order valence-electron chi connectivity index (χ2n) is 4.84. The summed E-state index contributed by atoms with van der Waals surface area (Å²) in [6.07, 6.45) is -0.552. The van der Waals surface area contributed by atoms with Crippen LogP contribution in [0.2, 0.25) is 0 Å². The molecule has 1 saturated heterocycles. The summed E-state index contributed by atoms with van der Waals surface area (Å²) in [5.41, 5.74) is -0.310. The van der Waals surface area contributed by atoms with Gasteiger partial charge in [0.1, 0.15) is 5.69 Å². The fourth-order valence-electron chi connectivity index (χ4n) is 2.23. The van der Waals surface area contributed by atoms with Gasteiger partial charge in [0, 0.05) is 25.2 Å². The highest BCUT2D eigenvalue weighted by atomic mass is 32.2. The van der Waals surface area contributed by atoms with E-state index in [2.05, 4.69) is 5.32 Å². The largest absolute Gasteiger partial charge is 0.465 e. The zero-order chi connectivity index (χ0) is 16.5. The van der Waals surface area contributed by atoms with Gasteiger partial charge >= 0.3 is 6.09 Å². The van der Waals surface area contributed by atoms with Crippen molar-refractivity contribution in [3.8, 4) is 0 Å². The minimum absolute atomic E-state index is 0.120. The Labute approximate surface area is 125 Å². The number of nitro benzene ring substituents is 1. The predicted molar refractivity (Wildman–Crippen MR) is 76.1 cm³/mol. The maximum absolute atomic E-state index is 11.2. The SMILES string of the molecule is NS(=O)(=O)c1ccc(NC2CCN(C(=O)O)C2)c([N+](=O)[O-])c1. The lowest BCUT2D eigenvalue weighted by atomic mass is 10.2. The van der Waals surface area contributed by atoms with Gasteiger partial charge in [0.25, 0.3) is 5.69 Å². The molecule has 0 aliphatic carbocycles. The number of benzene rings is 1. The van der Waals surface area contributed by atoms with Gasteiger partial charge in [0.15, 0.2) is 0 Å². The lowest BCUT2D eigenvalue weighted by Crippen LogP contribution is -2.30. The van der Waals surface area contributed by atoms with E-state index in [1.807, 2.05) is 0 Å². The number of anilines is 1. The number of likely N-dealkylation sites (tertiary alicyclic amines) is 1. The van der Waals surface area contributed by atoms with Crippen LogP contribution in [0.4, 0.5) is 16.2 Å². The van der Waals surface area contributed by atoms with Crippen molar-refractivity contribution < 1.29 is 23.2 Å². The van der Waals surface area contributed by atoms with Crippen LogP contribution in [-0.4, -0.2) is 48.6 Å². The van der Waals surface area contributed by atoms with Gasteiger partial charge < -0.3 is 15.3 Å². The summed E-state index contributed by atoms with van der Waals surface area (Å²) < 4.78 is 22.5. The quantitative estimate of drug-likeness (QED) is 0.533. The fraction of sp³-hybridized carbons (Fsp3) is 0.364. The summed E-state index contributed by atoms with van der Waals surface area (Å²) in [6, 6.07) is 3.01. The molecule has 0 saturated carbocycles. The molecule has 22 heavy (non-hydrogen) atoms. The Balaban J connectivity index is 2.25. The maximum Gasteiger partial charge on any atom is 0.407 e. The van der Waals surface area contributed by atoms with E-state index >= 15 is 0 Å². The molecule has 1 amide bonds. The van der Waals surface area contributed by atoms with Crippen LogP contribution in [0.5, 0.6) is 0 Å². The molecule has 1 aliphatic heterocycles. The van der Waals surface area contributed by atoms with E-state index in [1.54, 1.807) is 0 Å². The number of nitrogens with two attached hydrogens (primary N) is 1. The Bertz CT molecular complexity index is 719. The Morgan fingerprint density at radius 2 is 2.18 bits per heavy atom. The van der Waals surface area contributed by atoms with E-state index in [9.17, 15) is 23.3 Å². The van der Waals surface area contributed by atoms with Crippen LogP contribution in [0.15, 0.2) is 23.1 Å². The van der Waals surface area contributed by atoms with Crippen molar-refractivity contribution in [2.24, 2.45) is 5.14 Å². The highest BCUT2D eigenvalue weighted by Gasteiger charge is 2.28. The number of hydrogen-bond acceptors (Lipinski definition) is 6. The van der Waals surface area contributed by atoms with Crippen molar-refractivity contribution in [2.45, 2.75) is 17.4 Å². The van der Waals surface area contributed by atoms with E-state index < -0.39 is 26.7 Å². The number of primary sulfonamides is 1. The number of carbonyl (C=O) groups is 1. The molecule has 0 radical (unpaired) electrons. The Hall–Kier alpha value is -2.40. The van der Waals surface area contributed by atoms with E-state index in [0.717, 1.165) is 12.1 Å². The molecule has 11 heteroatoms. The third-order valence-electron chi connectivity index (χ3n) is 3.31. The van der Waals surface area contributed by atoms with Crippen molar-refractivity contribution in [1.82, 2.24) is 4.90 Å². The van der Waals surface area contributed by atoms with Crippen LogP contribution in [0, 0.1) is 10.1 Å². The van der Waals surface area contributed by atoms with Crippen LogP contribution in [0.3, 0.4) is 0 Å². The van der Waals surface area contributed by atoms with E-state index in [-0.39, 0.29) is 23.2 Å². The minimum Gasteiger partial charge on any atom is -0.465 e. The monoisotopic (exact) mass is 330 g/mol. The fourth-order valence-corrected chi connectivity index (χ4v) is 2.77. The molecule has 1 unspecified atom stereocenters. The first-order valence-corrected chi connectivity index (χ1v) is 7.79. The molecule has 10 nitrogen and oxygen atoms in total. The molecule has 1 aromatic carbocycles. The topological polar surface area (TPSA) is 156 Å². The van der Waals surface area contributed by atoms with Gasteiger partial charge in [0.05, 0.1) is 9.82 Å². The highest BCUT2D eigenvalue weighted by Crippen LogP contribution is 2.29. The van der Waals surface area contributed by atoms with Crippen LogP contribution in [0.1, 0.15) is 6.42 Å². The third-order valence-corrected chi connectivity index (χ3v) is 4.22. The van der Waals surface area contributed by atoms with Crippen molar-refractivity contribution in [1.29, 1.82) is 0 Å². The van der Waals surface area contributed by atoms with Crippen LogP contribution in [0.25, 0.3) is 0 Å². The van der Waals surface area contributed by atoms with Crippen molar-refractivity contribution >= 4 is 27.5 Å². The number of nitro groups is 1. The van der Waals surface area contributed by atoms with Crippen molar-refractivity contribution in [3.63, 3.8) is 0 Å². The minimum atomic E-state index is -4.04. The molecule has 0 aromatic heterocycles. The number of hydrogen-bond donors (Lipinski definition) is 3. The van der Waals surface area contributed by atoms with Gasteiger partial charge in [-0.3, -0.25) is 10.1 Å². The molecular formula is C11H14N4O6S. The summed E-state index contributed by atoms with van der Waals surface area (Å²) in [5, 5.41) is 27.8. The summed E-state index contributed by atoms with van der Waals surface area (Å²) in [4.78, 5) is 22.0. The second kappa shape index (κ2) is 5.77. The van der Waals surface area contributed by atoms with Gasteiger partial charge in [-0.05, 0) is 18.6 Å². The number of nitrogens with one attached hydrogen (secondary N) is 1. The first-order chi connectivity index (χ1) is 10.2. The Morgan fingerprint density at radius 3 is 2.68 bits per heavy atom. The number of sulfonamides is 1. The molecule has 1 atom stereocenters. The maximum atomic E-state index is 11.2. The number of amides is 1. The first kappa shape index (κ1) is 16.0. The summed E-state index contributed by atoms with van der Waals surface area (Å²) in [6.45, 7) is 0.527. The van der Waals surface area contributed by atoms with Crippen LogP contribution in [-0.2, 0) is 10.0 Å². The van der Waals surface area contributed by atoms with Crippen molar-refractivity contribution in [2.75, 3.05) is 18.4 Å². The molecule has 2 rings (SSSR count). The van der Waals surface area contributed by atoms with Gasteiger partial charge in [-0.1, -0.05) is 0 Å². The molecule has 0 spiro atoms. The molecule has 1 heterocycles. The normalized spacial score (nSPS) is 18.2. The lowest BCUT2D eigenvalue weighted by Gasteiger charge is -2.15. The molecular weight excluding hydrogens is 316 g/mol. The highest BCUT2D eigenvalue weighted by molar-refractivity contribution is 7.89. The zero-order valence-electron chi connectivity index (χ0n) is 11.3. The second-order valence-corrected chi connectivity index (χ2v) is 6.40. The average Bonchev–Trinajstić information content (AvgIpc) is 2.86. The van der Waals surface area contributed by atoms with Gasteiger partial charge in [0.2, 0.25) is 10.0 Å². The number of carboxylic acid groups (broad SMARTS) is 1. The Morgan fingerprint density at radius 1 is 1.50 bits per heavy atom. The molecule has 1 aliphatic rings. The van der Waals surface area contributed by atoms with E-state index in [4.69, 9.17) is 10.2 Å². The smallest absolute Gasteiger partial charge is 0.407 e. The van der Waals surface area contributed by atoms with Crippen LogP contribution < -0.4 is 10.5 Å². The molecule has 1 fully saturated rings. The van der Waals surface area contributed by atoms with Gasteiger partial charge in [-0.15, -0.1) is 0 Å². The summed E-state index contributed by atoms with van der Waals surface area (Å²) >= 11 is 0. The van der Waals surface area contributed by atoms with E-state index in [0.29, 0.717) is 13.0 Å². The standard InChI is InChI=1S/C11H14N4O6S/c12-22(20,21)8-1-2-9(10(5-8)15(18)19)13-7-3-4-14(6-7)11(16)17/h1-2,5,7,13H,3-4,6H2,(H,16,17)(H2,12,20,21). The molecule has 120 valence electrons. The molecule has 4 N–H and O–H groups in total. The third kappa shape index (κ3) is 3.43. The number of nitrogens with zero attached hydrogens (tertiary/aromatic N) is 2. The number of rotatable bonds is 4. The first-order valence-electron chi connectivity index (χ1n) is 6.24. The Kier molecular flexibility index (Phi) is 4.19. The summed E-state index contributed by atoms with van der Waals surface area (Å²) in [5.74, 6) is 0.